The molecule has 3 rings (SSSR count). The van der Waals surface area contributed by atoms with Gasteiger partial charge in [0.2, 0.25) is 0 Å². The summed E-state index contributed by atoms with van der Waals surface area (Å²) < 4.78 is 2.10. The molecule has 0 fully saturated rings. The highest BCUT2D eigenvalue weighted by molar-refractivity contribution is 6.95. The van der Waals surface area contributed by atoms with Crippen molar-refractivity contribution >= 4 is 53.0 Å². The van der Waals surface area contributed by atoms with Gasteiger partial charge in [-0.3, -0.25) is 0 Å². The number of rotatable bonds is 17. The Morgan fingerprint density at radius 2 is 0.745 bits per heavy atom. The molecule has 0 spiro atoms. The van der Waals surface area contributed by atoms with E-state index in [0.717, 1.165) is 5.69 Å². The average molecular weight is 710 g/mol. The van der Waals surface area contributed by atoms with Gasteiger partial charge in [-0.2, -0.15) is 0 Å². The molecule has 2 aromatic carbocycles. The molecule has 0 bridgehead atoms. The molecular formula is C40H71NO2Si4. The molecule has 264 valence electrons. The molecule has 0 saturated heterocycles. The van der Waals surface area contributed by atoms with Crippen LogP contribution < -0.4 is 20.7 Å². The molecule has 0 saturated carbocycles. The molecule has 2 N–H and O–H groups in total. The first-order valence-electron chi connectivity index (χ1n) is 19.3. The van der Waals surface area contributed by atoms with Gasteiger partial charge in [0.15, 0.2) is 0 Å². The van der Waals surface area contributed by atoms with Crippen LogP contribution in [0.15, 0.2) is 54.9 Å². The minimum atomic E-state index is -1.67. The average Bonchev–Trinajstić information content (AvgIpc) is 3.65. The molecule has 3 aromatic rings. The van der Waals surface area contributed by atoms with Crippen molar-refractivity contribution in [3.05, 3.63) is 54.9 Å². The van der Waals surface area contributed by atoms with Crippen molar-refractivity contribution in [2.24, 2.45) is 0 Å². The fourth-order valence-electron chi connectivity index (χ4n) is 8.65. The van der Waals surface area contributed by atoms with Crippen LogP contribution in [0.4, 0.5) is 0 Å². The lowest BCUT2D eigenvalue weighted by Gasteiger charge is -2.35. The molecule has 0 radical (unpaired) electrons. The quantitative estimate of drug-likeness (QED) is 0.137. The Morgan fingerprint density at radius 3 is 1.06 bits per heavy atom. The highest BCUT2D eigenvalue weighted by Gasteiger charge is 2.37. The maximum Gasteiger partial charge on any atom is 0.138 e. The maximum absolute atomic E-state index is 11.3. The SMILES string of the molecule is CC[Si](CC)(CC)c1cc(-n2cccc2)c(O)c([Si](CC)(CC)CC)c1.CC[Si](CC)(CC)c1cc(O)cc([Si](CC)(CC)CC)c1. The van der Waals surface area contributed by atoms with Gasteiger partial charge in [0.25, 0.3) is 0 Å². The van der Waals surface area contributed by atoms with Gasteiger partial charge in [0.1, 0.15) is 11.5 Å². The molecule has 3 nitrogen and oxygen atoms in total. The van der Waals surface area contributed by atoms with E-state index < -0.39 is 32.3 Å². The van der Waals surface area contributed by atoms with Crippen LogP contribution in [0.5, 0.6) is 11.5 Å². The molecule has 0 aliphatic carbocycles. The summed E-state index contributed by atoms with van der Waals surface area (Å²) in [5, 5.41) is 27.5. The van der Waals surface area contributed by atoms with Crippen LogP contribution in [0.1, 0.15) is 83.1 Å². The molecule has 1 heterocycles. The summed E-state index contributed by atoms with van der Waals surface area (Å²) in [5.41, 5.74) is 0.988. The molecule has 1 aromatic heterocycles. The second-order valence-corrected chi connectivity index (χ2v) is 35.1. The summed E-state index contributed by atoms with van der Waals surface area (Å²) >= 11 is 0. The molecular weight excluding hydrogens is 639 g/mol. The minimum absolute atomic E-state index is 0.502. The molecule has 0 aliphatic rings. The fourth-order valence-corrected chi connectivity index (χ4v) is 23.6. The fraction of sp³-hybridized carbons (Fsp3) is 0.600. The van der Waals surface area contributed by atoms with Gasteiger partial charge in [-0.15, -0.1) is 0 Å². The Kier molecular flexibility index (Phi) is 16.1. The van der Waals surface area contributed by atoms with Gasteiger partial charge in [0.05, 0.1) is 38.0 Å². The summed E-state index contributed by atoms with van der Waals surface area (Å²) in [5.74, 6) is 1.04. The number of phenols is 2. The number of hydrogen-bond acceptors (Lipinski definition) is 2. The van der Waals surface area contributed by atoms with Crippen LogP contribution in [-0.2, 0) is 0 Å². The molecule has 0 aliphatic heterocycles. The third-order valence-corrected chi connectivity index (χ3v) is 35.7. The summed E-state index contributed by atoms with van der Waals surface area (Å²) in [7, 11) is -6.00. The highest BCUT2D eigenvalue weighted by Crippen LogP contribution is 2.31. The van der Waals surface area contributed by atoms with Gasteiger partial charge in [-0.25, -0.2) is 0 Å². The normalized spacial score (nSPS) is 12.6. The summed E-state index contributed by atoms with van der Waals surface area (Å²) in [6, 6.07) is 30.6. The molecule has 7 heteroatoms. The predicted molar refractivity (Wildman–Crippen MR) is 223 cm³/mol. The van der Waals surface area contributed by atoms with Crippen molar-refractivity contribution < 1.29 is 10.2 Å². The van der Waals surface area contributed by atoms with Crippen LogP contribution in [0.3, 0.4) is 0 Å². The monoisotopic (exact) mass is 709 g/mol. The molecule has 0 atom stereocenters. The van der Waals surface area contributed by atoms with Crippen molar-refractivity contribution in [2.45, 2.75) is 156 Å². The van der Waals surface area contributed by atoms with Crippen LogP contribution in [0.2, 0.25) is 72.5 Å². The largest absolute Gasteiger partial charge is 0.508 e. The Morgan fingerprint density at radius 1 is 0.426 bits per heavy atom. The third-order valence-electron chi connectivity index (χ3n) is 13.4. The Balaban J connectivity index is 0.000000335. The highest BCUT2D eigenvalue weighted by atomic mass is 28.3. The number of benzene rings is 2. The molecule has 0 unspecified atom stereocenters. The van der Waals surface area contributed by atoms with Crippen LogP contribution in [0, 0.1) is 0 Å². The van der Waals surface area contributed by atoms with E-state index in [9.17, 15) is 10.2 Å². The van der Waals surface area contributed by atoms with Gasteiger partial charge in [-0.05, 0) is 35.5 Å². The first-order chi connectivity index (χ1) is 22.4. The van der Waals surface area contributed by atoms with E-state index in [1.807, 2.05) is 12.1 Å². The summed E-state index contributed by atoms with van der Waals surface area (Å²) in [4.78, 5) is 0. The molecule has 47 heavy (non-hydrogen) atoms. The van der Waals surface area contributed by atoms with Crippen molar-refractivity contribution in [3.8, 4) is 17.2 Å². The lowest BCUT2D eigenvalue weighted by molar-refractivity contribution is 0.475. The number of aromatic hydroxyl groups is 2. The topological polar surface area (TPSA) is 45.4 Å². The van der Waals surface area contributed by atoms with E-state index >= 15 is 0 Å². The van der Waals surface area contributed by atoms with Crippen molar-refractivity contribution in [3.63, 3.8) is 0 Å². The van der Waals surface area contributed by atoms with Crippen LogP contribution in [-0.4, -0.2) is 47.1 Å². The first-order valence-corrected chi connectivity index (χ1v) is 29.8. The third kappa shape index (κ3) is 8.33. The zero-order valence-corrected chi connectivity index (χ0v) is 36.5. The number of hydrogen-bond donors (Lipinski definition) is 2. The number of aromatic nitrogens is 1. The van der Waals surface area contributed by atoms with Gasteiger partial charge < -0.3 is 14.8 Å². The van der Waals surface area contributed by atoms with E-state index in [4.69, 9.17) is 0 Å². The van der Waals surface area contributed by atoms with E-state index in [1.165, 1.54) is 88.1 Å². The van der Waals surface area contributed by atoms with Gasteiger partial charge >= 0.3 is 0 Å². The lowest BCUT2D eigenvalue weighted by atomic mass is 10.3. The van der Waals surface area contributed by atoms with Gasteiger partial charge in [-0.1, -0.05) is 183 Å². The second-order valence-electron chi connectivity index (χ2n) is 14.1. The Bertz CT molecular complexity index is 1280. The molecule has 0 amide bonds. The smallest absolute Gasteiger partial charge is 0.138 e. The zero-order valence-electron chi connectivity index (χ0n) is 32.5. The van der Waals surface area contributed by atoms with Crippen LogP contribution in [0.25, 0.3) is 5.69 Å². The number of nitrogens with zero attached hydrogens (tertiary/aromatic N) is 1. The second kappa shape index (κ2) is 18.3. The predicted octanol–water partition coefficient (Wildman–Crippen LogP) is 10.4. The van der Waals surface area contributed by atoms with E-state index in [2.05, 4.69) is 130 Å². The summed E-state index contributed by atoms with van der Waals surface area (Å²) in [6.07, 6.45) is 4.12. The van der Waals surface area contributed by atoms with E-state index in [-0.39, 0.29) is 0 Å². The Labute approximate surface area is 294 Å². The van der Waals surface area contributed by atoms with Crippen LogP contribution >= 0.6 is 0 Å². The lowest BCUT2D eigenvalue weighted by Crippen LogP contribution is -2.52. The van der Waals surface area contributed by atoms with Crippen molar-refractivity contribution in [2.75, 3.05) is 0 Å². The summed E-state index contributed by atoms with van der Waals surface area (Å²) in [6.45, 7) is 28.1. The van der Waals surface area contributed by atoms with E-state index in [0.29, 0.717) is 11.5 Å². The minimum Gasteiger partial charge on any atom is -0.508 e. The van der Waals surface area contributed by atoms with E-state index in [1.54, 1.807) is 5.19 Å². The first kappa shape index (κ1) is 41.4. The van der Waals surface area contributed by atoms with Gasteiger partial charge in [0, 0.05) is 12.4 Å². The number of phenolic OH excluding ortho intramolecular Hbond substituents is 2. The Hall–Kier alpha value is -1.81. The zero-order chi connectivity index (χ0) is 35.5. The van der Waals surface area contributed by atoms with Crippen molar-refractivity contribution in [1.82, 2.24) is 4.57 Å². The maximum atomic E-state index is 11.3. The van der Waals surface area contributed by atoms with Crippen molar-refractivity contribution in [1.29, 1.82) is 0 Å². The standard InChI is InChI=1S/C22H37NOSi2.C18H34OSi2/c1-7-25(8-2,9-3)19-17-20(23-15-13-14-16-23)22(24)21(18-19)26(10-4,11-5)12-6;1-7-20(8-2,9-3)17-13-16(19)14-18(15-17)21(10-4,11-5)12-6/h13-18,24H,7-12H2,1-6H3;13-15,19H,7-12H2,1-6H3.